The topological polar surface area (TPSA) is 63.4 Å². The van der Waals surface area contributed by atoms with E-state index in [1.54, 1.807) is 4.90 Å². The van der Waals surface area contributed by atoms with Gasteiger partial charge in [0.25, 0.3) is 0 Å². The van der Waals surface area contributed by atoms with E-state index < -0.39 is 6.04 Å². The van der Waals surface area contributed by atoms with Crippen molar-refractivity contribution in [3.63, 3.8) is 0 Å². The number of amides is 1. The molecule has 2 rings (SSSR count). The first-order valence-corrected chi connectivity index (χ1v) is 8.12. The van der Waals surface area contributed by atoms with E-state index in [1.165, 1.54) is 19.3 Å². The third kappa shape index (κ3) is 3.22. The summed E-state index contributed by atoms with van der Waals surface area (Å²) in [6.07, 6.45) is 7.47. The minimum Gasteiger partial charge on any atom is -0.331 e. The summed E-state index contributed by atoms with van der Waals surface area (Å²) in [5.74, 6) is 0.492. The van der Waals surface area contributed by atoms with Gasteiger partial charge in [0.15, 0.2) is 5.78 Å². The highest BCUT2D eigenvalue weighted by molar-refractivity contribution is 5.92. The lowest BCUT2D eigenvalue weighted by Crippen LogP contribution is -2.52. The number of likely N-dealkylation sites (tertiary alicyclic amines) is 1. The molecular formula is C16H28N2O2. The highest BCUT2D eigenvalue weighted by Gasteiger charge is 2.38. The molecule has 2 fully saturated rings. The number of carbonyl (C=O) groups excluding carboxylic acids is 2. The minimum absolute atomic E-state index is 0.00778. The van der Waals surface area contributed by atoms with Crippen LogP contribution in [0.5, 0.6) is 0 Å². The maximum Gasteiger partial charge on any atom is 0.240 e. The first kappa shape index (κ1) is 15.5. The lowest BCUT2D eigenvalue weighted by molar-refractivity contribution is -0.140. The van der Waals surface area contributed by atoms with Gasteiger partial charge in [-0.05, 0) is 31.6 Å². The number of rotatable bonds is 4. The van der Waals surface area contributed by atoms with E-state index in [1.807, 2.05) is 13.8 Å². The summed E-state index contributed by atoms with van der Waals surface area (Å²) in [6.45, 7) is 4.51. The lowest BCUT2D eigenvalue weighted by Gasteiger charge is -2.32. The molecule has 0 aromatic carbocycles. The molecule has 20 heavy (non-hydrogen) atoms. The monoisotopic (exact) mass is 280 g/mol. The van der Waals surface area contributed by atoms with Crippen molar-refractivity contribution in [3.8, 4) is 0 Å². The summed E-state index contributed by atoms with van der Waals surface area (Å²) in [6, 6.07) is -0.631. The van der Waals surface area contributed by atoms with Gasteiger partial charge in [-0.25, -0.2) is 0 Å². The lowest BCUT2D eigenvalue weighted by atomic mass is 9.83. The van der Waals surface area contributed by atoms with Crippen molar-refractivity contribution in [1.29, 1.82) is 0 Å². The molecule has 1 saturated heterocycles. The molecule has 1 aliphatic heterocycles. The van der Waals surface area contributed by atoms with E-state index >= 15 is 0 Å². The van der Waals surface area contributed by atoms with Crippen molar-refractivity contribution >= 4 is 11.7 Å². The molecule has 0 spiro atoms. The van der Waals surface area contributed by atoms with Crippen LogP contribution in [0.1, 0.15) is 58.8 Å². The van der Waals surface area contributed by atoms with Crippen molar-refractivity contribution in [2.75, 3.05) is 6.54 Å². The van der Waals surface area contributed by atoms with E-state index in [0.717, 1.165) is 25.7 Å². The number of hydrogen-bond donors (Lipinski definition) is 1. The zero-order chi connectivity index (χ0) is 14.7. The Hall–Kier alpha value is -0.900. The van der Waals surface area contributed by atoms with Gasteiger partial charge in [-0.2, -0.15) is 0 Å². The van der Waals surface area contributed by atoms with Gasteiger partial charge in [-0.1, -0.05) is 33.1 Å². The van der Waals surface area contributed by atoms with Crippen LogP contribution in [0.2, 0.25) is 0 Å². The van der Waals surface area contributed by atoms with Crippen LogP contribution in [0.4, 0.5) is 0 Å². The minimum atomic E-state index is -0.407. The Morgan fingerprint density at radius 3 is 2.30 bits per heavy atom. The van der Waals surface area contributed by atoms with E-state index in [-0.39, 0.29) is 23.7 Å². The Balaban J connectivity index is 2.01. The Morgan fingerprint density at radius 2 is 1.70 bits per heavy atom. The molecule has 0 radical (unpaired) electrons. The van der Waals surface area contributed by atoms with E-state index in [0.29, 0.717) is 12.5 Å². The standard InChI is InChI=1S/C16H28N2O2/c1-11(2)15(19)13-9-6-10-18(13)16(20)14(17)12-7-4-3-5-8-12/h11-14H,3-10,17H2,1-2H3/t13?,14-/m0/s1. The second-order valence-corrected chi connectivity index (χ2v) is 6.67. The van der Waals surface area contributed by atoms with Crippen molar-refractivity contribution in [2.45, 2.75) is 70.9 Å². The largest absolute Gasteiger partial charge is 0.331 e. The molecule has 1 amide bonds. The average molecular weight is 280 g/mol. The van der Waals surface area contributed by atoms with Crippen LogP contribution in [0.15, 0.2) is 0 Å². The van der Waals surface area contributed by atoms with Gasteiger partial charge in [0.05, 0.1) is 12.1 Å². The van der Waals surface area contributed by atoms with Crippen LogP contribution in [-0.4, -0.2) is 35.2 Å². The van der Waals surface area contributed by atoms with Crippen molar-refractivity contribution in [3.05, 3.63) is 0 Å². The molecule has 0 bridgehead atoms. The number of ketones is 1. The molecule has 4 heteroatoms. The number of Topliss-reactive ketones (excluding diaryl/α,β-unsaturated/α-hetero) is 1. The maximum atomic E-state index is 12.6. The summed E-state index contributed by atoms with van der Waals surface area (Å²) in [4.78, 5) is 26.6. The van der Waals surface area contributed by atoms with Gasteiger partial charge < -0.3 is 10.6 Å². The normalized spacial score (nSPS) is 26.0. The SMILES string of the molecule is CC(C)C(=O)C1CCCN1C(=O)[C@@H](N)C1CCCCC1. The van der Waals surface area contributed by atoms with Gasteiger partial charge >= 0.3 is 0 Å². The van der Waals surface area contributed by atoms with Gasteiger partial charge in [-0.15, -0.1) is 0 Å². The van der Waals surface area contributed by atoms with Crippen molar-refractivity contribution < 1.29 is 9.59 Å². The summed E-state index contributed by atoms with van der Waals surface area (Å²) in [5.41, 5.74) is 6.21. The summed E-state index contributed by atoms with van der Waals surface area (Å²) >= 11 is 0. The molecule has 1 heterocycles. The fraction of sp³-hybridized carbons (Fsp3) is 0.875. The molecule has 2 aliphatic rings. The predicted molar refractivity (Wildman–Crippen MR) is 79.1 cm³/mol. The number of hydrogen-bond acceptors (Lipinski definition) is 3. The molecule has 2 N–H and O–H groups in total. The Kier molecular flexibility index (Phi) is 5.19. The van der Waals surface area contributed by atoms with Gasteiger partial charge in [0, 0.05) is 12.5 Å². The van der Waals surface area contributed by atoms with Crippen LogP contribution in [0, 0.1) is 11.8 Å². The second-order valence-electron chi connectivity index (χ2n) is 6.67. The molecule has 1 aliphatic carbocycles. The number of nitrogens with two attached hydrogens (primary N) is 1. The van der Waals surface area contributed by atoms with E-state index in [2.05, 4.69) is 0 Å². The van der Waals surface area contributed by atoms with Gasteiger partial charge in [-0.3, -0.25) is 9.59 Å². The zero-order valence-electron chi connectivity index (χ0n) is 12.8. The highest BCUT2D eigenvalue weighted by Crippen LogP contribution is 2.28. The molecule has 0 aromatic rings. The van der Waals surface area contributed by atoms with Crippen LogP contribution in [0.3, 0.4) is 0 Å². The van der Waals surface area contributed by atoms with Crippen LogP contribution in [-0.2, 0) is 9.59 Å². The number of carbonyl (C=O) groups is 2. The molecule has 0 aromatic heterocycles. The summed E-state index contributed by atoms with van der Waals surface area (Å²) in [7, 11) is 0. The first-order chi connectivity index (χ1) is 9.52. The van der Waals surface area contributed by atoms with E-state index in [4.69, 9.17) is 5.73 Å². The smallest absolute Gasteiger partial charge is 0.240 e. The fourth-order valence-electron chi connectivity index (χ4n) is 3.60. The predicted octanol–water partition coefficient (Wildman–Crippen LogP) is 2.11. The fourth-order valence-corrected chi connectivity index (χ4v) is 3.60. The third-order valence-electron chi connectivity index (χ3n) is 4.88. The first-order valence-electron chi connectivity index (χ1n) is 8.12. The zero-order valence-corrected chi connectivity index (χ0v) is 12.8. The van der Waals surface area contributed by atoms with Crippen LogP contribution >= 0.6 is 0 Å². The molecule has 1 unspecified atom stereocenters. The second kappa shape index (κ2) is 6.70. The molecule has 114 valence electrons. The average Bonchev–Trinajstić information content (AvgIpc) is 2.94. The third-order valence-corrected chi connectivity index (χ3v) is 4.88. The molecule has 4 nitrogen and oxygen atoms in total. The Bertz CT molecular complexity index is 361. The Labute approximate surface area is 122 Å². The molecule has 1 saturated carbocycles. The van der Waals surface area contributed by atoms with E-state index in [9.17, 15) is 9.59 Å². The summed E-state index contributed by atoms with van der Waals surface area (Å²) in [5, 5.41) is 0. The number of nitrogens with zero attached hydrogens (tertiary/aromatic N) is 1. The highest BCUT2D eigenvalue weighted by atomic mass is 16.2. The van der Waals surface area contributed by atoms with Crippen LogP contribution < -0.4 is 5.73 Å². The van der Waals surface area contributed by atoms with Crippen molar-refractivity contribution in [1.82, 2.24) is 4.90 Å². The maximum absolute atomic E-state index is 12.6. The van der Waals surface area contributed by atoms with Gasteiger partial charge in [0.1, 0.15) is 0 Å². The van der Waals surface area contributed by atoms with Crippen molar-refractivity contribution in [2.24, 2.45) is 17.6 Å². The Morgan fingerprint density at radius 1 is 1.05 bits per heavy atom. The molecule has 2 atom stereocenters. The summed E-state index contributed by atoms with van der Waals surface area (Å²) < 4.78 is 0. The molecular weight excluding hydrogens is 252 g/mol. The van der Waals surface area contributed by atoms with Crippen LogP contribution in [0.25, 0.3) is 0 Å². The quantitative estimate of drug-likeness (QED) is 0.858. The van der Waals surface area contributed by atoms with Gasteiger partial charge in [0.2, 0.25) is 5.91 Å².